The number of rotatable bonds is 6. The van der Waals surface area contributed by atoms with Gasteiger partial charge in [0, 0.05) is 28.5 Å². The van der Waals surface area contributed by atoms with Gasteiger partial charge in [-0.2, -0.15) is 0 Å². The Kier molecular flexibility index (Phi) is 5.89. The van der Waals surface area contributed by atoms with Crippen LogP contribution in [0.2, 0.25) is 0 Å². The average Bonchev–Trinajstić information content (AvgIpc) is 3.14. The van der Waals surface area contributed by atoms with E-state index in [0.717, 1.165) is 30.1 Å². The van der Waals surface area contributed by atoms with Gasteiger partial charge in [0.25, 0.3) is 5.91 Å². The monoisotopic (exact) mass is 355 g/mol. The zero-order chi connectivity index (χ0) is 17.6. The summed E-state index contributed by atoms with van der Waals surface area (Å²) in [6.07, 6.45) is 2.47. The lowest BCUT2D eigenvalue weighted by molar-refractivity contribution is 0.101. The second-order valence-electron chi connectivity index (χ2n) is 6.03. The van der Waals surface area contributed by atoms with Gasteiger partial charge in [-0.3, -0.25) is 9.59 Å². The van der Waals surface area contributed by atoms with E-state index in [4.69, 9.17) is 4.74 Å². The van der Waals surface area contributed by atoms with Gasteiger partial charge in [-0.1, -0.05) is 24.3 Å². The minimum Gasteiger partial charge on any atom is -0.377 e. The first-order valence-electron chi connectivity index (χ1n) is 8.39. The van der Waals surface area contributed by atoms with Crippen LogP contribution in [-0.4, -0.2) is 30.2 Å². The van der Waals surface area contributed by atoms with Crippen LogP contribution in [0, 0.1) is 0 Å². The molecule has 0 unspecified atom stereocenters. The van der Waals surface area contributed by atoms with Crippen LogP contribution < -0.4 is 5.32 Å². The molecule has 1 atom stereocenters. The second-order valence-corrected chi connectivity index (χ2v) is 7.10. The molecule has 1 aliphatic heterocycles. The van der Waals surface area contributed by atoms with E-state index in [1.54, 1.807) is 36.0 Å². The van der Waals surface area contributed by atoms with Gasteiger partial charge >= 0.3 is 0 Å². The van der Waals surface area contributed by atoms with Gasteiger partial charge in [0.2, 0.25) is 0 Å². The van der Waals surface area contributed by atoms with E-state index in [0.29, 0.717) is 16.8 Å². The normalized spacial score (nSPS) is 16.6. The van der Waals surface area contributed by atoms with Crippen LogP contribution in [-0.2, 0) is 4.74 Å². The van der Waals surface area contributed by atoms with Crippen LogP contribution >= 0.6 is 11.8 Å². The third-order valence-electron chi connectivity index (χ3n) is 4.11. The number of hydrogen-bond acceptors (Lipinski definition) is 4. The van der Waals surface area contributed by atoms with E-state index >= 15 is 0 Å². The fourth-order valence-electron chi connectivity index (χ4n) is 2.75. The number of nitrogens with one attached hydrogen (secondary N) is 1. The summed E-state index contributed by atoms with van der Waals surface area (Å²) in [5.41, 5.74) is 1.84. The van der Waals surface area contributed by atoms with Gasteiger partial charge in [0.1, 0.15) is 0 Å². The highest BCUT2D eigenvalue weighted by molar-refractivity contribution is 7.99. The number of anilines is 1. The molecule has 1 amide bonds. The molecule has 1 saturated heterocycles. The summed E-state index contributed by atoms with van der Waals surface area (Å²) in [6, 6.07) is 14.6. The Morgan fingerprint density at radius 1 is 1.20 bits per heavy atom. The first-order valence-corrected chi connectivity index (χ1v) is 9.38. The molecule has 0 bridgehead atoms. The SMILES string of the molecule is CC(=O)c1cccc(NC(=O)c2ccccc2SC[C@H]2CCCO2)c1. The Balaban J connectivity index is 1.71. The summed E-state index contributed by atoms with van der Waals surface area (Å²) >= 11 is 1.65. The highest BCUT2D eigenvalue weighted by atomic mass is 32.2. The van der Waals surface area contributed by atoms with Crippen molar-refractivity contribution < 1.29 is 14.3 Å². The minimum atomic E-state index is -0.170. The quantitative estimate of drug-likeness (QED) is 0.616. The summed E-state index contributed by atoms with van der Waals surface area (Å²) in [5, 5.41) is 2.89. The maximum absolute atomic E-state index is 12.7. The molecule has 5 heteroatoms. The number of thioether (sulfide) groups is 1. The first-order chi connectivity index (χ1) is 12.1. The van der Waals surface area contributed by atoms with E-state index in [9.17, 15) is 9.59 Å². The van der Waals surface area contributed by atoms with Crippen LogP contribution in [0.3, 0.4) is 0 Å². The van der Waals surface area contributed by atoms with E-state index in [1.807, 2.05) is 24.3 Å². The average molecular weight is 355 g/mol. The van der Waals surface area contributed by atoms with Crippen LogP contribution in [0.4, 0.5) is 5.69 Å². The molecule has 1 fully saturated rings. The van der Waals surface area contributed by atoms with E-state index in [2.05, 4.69) is 5.32 Å². The molecule has 0 spiro atoms. The summed E-state index contributed by atoms with van der Waals surface area (Å²) in [5.74, 6) is 0.657. The fourth-order valence-corrected chi connectivity index (χ4v) is 3.87. The van der Waals surface area contributed by atoms with E-state index < -0.39 is 0 Å². The van der Waals surface area contributed by atoms with Gasteiger partial charge < -0.3 is 10.1 Å². The van der Waals surface area contributed by atoms with Crippen LogP contribution in [0.15, 0.2) is 53.4 Å². The third kappa shape index (κ3) is 4.71. The lowest BCUT2D eigenvalue weighted by atomic mass is 10.1. The standard InChI is InChI=1S/C20H21NO3S/c1-14(22)15-6-4-7-16(12-15)21-20(23)18-9-2-3-10-19(18)25-13-17-8-5-11-24-17/h2-4,6-7,9-10,12,17H,5,8,11,13H2,1H3,(H,21,23)/t17-/m1/s1. The van der Waals surface area contributed by atoms with Crippen molar-refractivity contribution in [3.8, 4) is 0 Å². The molecule has 130 valence electrons. The summed E-state index contributed by atoms with van der Waals surface area (Å²) in [6.45, 7) is 2.35. The van der Waals surface area contributed by atoms with Crippen molar-refractivity contribution >= 4 is 29.1 Å². The molecule has 2 aromatic rings. The van der Waals surface area contributed by atoms with Gasteiger partial charge in [-0.15, -0.1) is 11.8 Å². The number of Topliss-reactive ketones (excluding diaryl/α,β-unsaturated/α-hetero) is 1. The topological polar surface area (TPSA) is 55.4 Å². The van der Waals surface area contributed by atoms with Gasteiger partial charge in [0.05, 0.1) is 11.7 Å². The predicted molar refractivity (Wildman–Crippen MR) is 101 cm³/mol. The van der Waals surface area contributed by atoms with Gasteiger partial charge in [-0.05, 0) is 44.0 Å². The molecule has 1 aliphatic rings. The van der Waals surface area contributed by atoms with Crippen LogP contribution in [0.25, 0.3) is 0 Å². The van der Waals surface area contributed by atoms with Crippen molar-refractivity contribution in [3.05, 3.63) is 59.7 Å². The molecular weight excluding hydrogens is 334 g/mol. The fraction of sp³-hybridized carbons (Fsp3) is 0.300. The second kappa shape index (κ2) is 8.32. The maximum Gasteiger partial charge on any atom is 0.256 e. The number of benzene rings is 2. The van der Waals surface area contributed by atoms with Crippen molar-refractivity contribution in [2.75, 3.05) is 17.7 Å². The maximum atomic E-state index is 12.7. The van der Waals surface area contributed by atoms with Crippen LogP contribution in [0.5, 0.6) is 0 Å². The Bertz CT molecular complexity index is 769. The highest BCUT2D eigenvalue weighted by Gasteiger charge is 2.18. The molecule has 1 heterocycles. The number of amides is 1. The zero-order valence-electron chi connectivity index (χ0n) is 14.2. The summed E-state index contributed by atoms with van der Waals surface area (Å²) < 4.78 is 5.65. The first kappa shape index (κ1) is 17.7. The molecule has 0 radical (unpaired) electrons. The van der Waals surface area contributed by atoms with E-state index in [-0.39, 0.29) is 17.8 Å². The van der Waals surface area contributed by atoms with E-state index in [1.165, 1.54) is 6.92 Å². The molecular formula is C20H21NO3S. The van der Waals surface area contributed by atoms with Crippen molar-refractivity contribution in [2.24, 2.45) is 0 Å². The largest absolute Gasteiger partial charge is 0.377 e. The van der Waals surface area contributed by atoms with Gasteiger partial charge in [-0.25, -0.2) is 0 Å². The third-order valence-corrected chi connectivity index (χ3v) is 5.31. The van der Waals surface area contributed by atoms with Crippen LogP contribution in [0.1, 0.15) is 40.5 Å². The minimum absolute atomic E-state index is 0.0244. The number of ketones is 1. The molecule has 0 saturated carbocycles. The Morgan fingerprint density at radius 3 is 2.80 bits per heavy atom. The predicted octanol–water partition coefficient (Wildman–Crippen LogP) is 4.41. The molecule has 4 nitrogen and oxygen atoms in total. The van der Waals surface area contributed by atoms with Crippen molar-refractivity contribution in [1.82, 2.24) is 0 Å². The smallest absolute Gasteiger partial charge is 0.256 e. The number of hydrogen-bond donors (Lipinski definition) is 1. The lowest BCUT2D eigenvalue weighted by Gasteiger charge is -2.12. The molecule has 3 rings (SSSR count). The molecule has 25 heavy (non-hydrogen) atoms. The Hall–Kier alpha value is -2.11. The number of carbonyl (C=O) groups is 2. The summed E-state index contributed by atoms with van der Waals surface area (Å²) in [7, 11) is 0. The van der Waals surface area contributed by atoms with Crippen molar-refractivity contribution in [2.45, 2.75) is 30.8 Å². The Labute approximate surface area is 152 Å². The number of carbonyl (C=O) groups excluding carboxylic acids is 2. The lowest BCUT2D eigenvalue weighted by Crippen LogP contribution is -2.14. The number of ether oxygens (including phenoxy) is 1. The molecule has 2 aromatic carbocycles. The van der Waals surface area contributed by atoms with Crippen molar-refractivity contribution in [1.29, 1.82) is 0 Å². The highest BCUT2D eigenvalue weighted by Crippen LogP contribution is 2.27. The van der Waals surface area contributed by atoms with Gasteiger partial charge in [0.15, 0.2) is 5.78 Å². The molecule has 0 aliphatic carbocycles. The Morgan fingerprint density at radius 2 is 2.04 bits per heavy atom. The molecule has 0 aromatic heterocycles. The summed E-state index contributed by atoms with van der Waals surface area (Å²) in [4.78, 5) is 25.1. The zero-order valence-corrected chi connectivity index (χ0v) is 15.0. The van der Waals surface area contributed by atoms with Crippen molar-refractivity contribution in [3.63, 3.8) is 0 Å². The molecule has 1 N–H and O–H groups in total.